The highest BCUT2D eigenvalue weighted by Crippen LogP contribution is 2.32. The molecule has 0 aromatic heterocycles. The van der Waals surface area contributed by atoms with E-state index in [9.17, 15) is 10.2 Å². The number of piperazine rings is 1. The number of benzene rings is 2. The smallest absolute Gasteiger partial charge is 0.0865 e. The Labute approximate surface area is 176 Å². The molecule has 6 heteroatoms. The maximum absolute atomic E-state index is 10.4. The lowest BCUT2D eigenvalue weighted by atomic mass is 10.2. The van der Waals surface area contributed by atoms with Crippen molar-refractivity contribution in [3.05, 3.63) is 60.7 Å². The minimum Gasteiger partial charge on any atom is -0.391 e. The van der Waals surface area contributed by atoms with Gasteiger partial charge < -0.3 is 10.2 Å². The SMILES string of the molecule is CC(O)C(Sc1ccccc1)N1CCN(C(Sc2ccccc2)C(C)O)CC1. The molecule has 4 nitrogen and oxygen atoms in total. The van der Waals surface area contributed by atoms with E-state index in [1.165, 1.54) is 9.79 Å². The molecule has 0 radical (unpaired) electrons. The number of thioether (sulfide) groups is 2. The van der Waals surface area contributed by atoms with E-state index in [1.807, 2.05) is 50.2 Å². The van der Waals surface area contributed by atoms with E-state index in [0.717, 1.165) is 26.2 Å². The van der Waals surface area contributed by atoms with Gasteiger partial charge in [0.05, 0.1) is 23.0 Å². The number of rotatable bonds is 8. The van der Waals surface area contributed by atoms with Crippen molar-refractivity contribution in [2.45, 2.75) is 46.6 Å². The van der Waals surface area contributed by atoms with Crippen molar-refractivity contribution in [1.82, 2.24) is 9.80 Å². The molecule has 0 amide bonds. The Morgan fingerprint density at radius 3 is 1.25 bits per heavy atom. The Kier molecular flexibility index (Phi) is 8.26. The van der Waals surface area contributed by atoms with E-state index in [1.54, 1.807) is 23.5 Å². The fraction of sp³-hybridized carbons (Fsp3) is 0.455. The predicted molar refractivity (Wildman–Crippen MR) is 119 cm³/mol. The van der Waals surface area contributed by atoms with E-state index in [4.69, 9.17) is 0 Å². The fourth-order valence-corrected chi connectivity index (χ4v) is 5.78. The first-order valence-corrected chi connectivity index (χ1v) is 11.6. The average Bonchev–Trinajstić information content (AvgIpc) is 2.72. The lowest BCUT2D eigenvalue weighted by molar-refractivity contribution is 0.0380. The first-order chi connectivity index (χ1) is 13.5. The number of hydrogen-bond acceptors (Lipinski definition) is 6. The number of hydrogen-bond donors (Lipinski definition) is 2. The molecule has 1 heterocycles. The molecule has 0 spiro atoms. The normalized spacial score (nSPS) is 20.4. The second kappa shape index (κ2) is 10.7. The van der Waals surface area contributed by atoms with Crippen LogP contribution in [0.15, 0.2) is 70.5 Å². The Bertz CT molecular complexity index is 631. The third kappa shape index (κ3) is 5.99. The van der Waals surface area contributed by atoms with Gasteiger partial charge in [-0.15, -0.1) is 23.5 Å². The van der Waals surface area contributed by atoms with Crippen molar-refractivity contribution >= 4 is 23.5 Å². The van der Waals surface area contributed by atoms with Crippen molar-refractivity contribution in [3.8, 4) is 0 Å². The van der Waals surface area contributed by atoms with Crippen LogP contribution in [-0.2, 0) is 0 Å². The van der Waals surface area contributed by atoms with Crippen LogP contribution in [0.4, 0.5) is 0 Å². The zero-order valence-electron chi connectivity index (χ0n) is 16.5. The molecule has 2 aromatic carbocycles. The van der Waals surface area contributed by atoms with Crippen LogP contribution in [0.2, 0.25) is 0 Å². The minimum atomic E-state index is -0.414. The summed E-state index contributed by atoms with van der Waals surface area (Å²) in [4.78, 5) is 7.09. The third-order valence-corrected chi connectivity index (χ3v) is 7.85. The van der Waals surface area contributed by atoms with Gasteiger partial charge in [0.15, 0.2) is 0 Å². The summed E-state index contributed by atoms with van der Waals surface area (Å²) in [6, 6.07) is 20.5. The van der Waals surface area contributed by atoms with Gasteiger partial charge in [-0.1, -0.05) is 36.4 Å². The van der Waals surface area contributed by atoms with Crippen LogP contribution < -0.4 is 0 Å². The highest BCUT2D eigenvalue weighted by Gasteiger charge is 2.32. The molecule has 152 valence electrons. The first-order valence-electron chi connectivity index (χ1n) is 9.82. The van der Waals surface area contributed by atoms with Crippen molar-refractivity contribution in [1.29, 1.82) is 0 Å². The molecule has 0 bridgehead atoms. The summed E-state index contributed by atoms with van der Waals surface area (Å²) in [5.41, 5.74) is 0. The number of nitrogens with zero attached hydrogens (tertiary/aromatic N) is 2. The largest absolute Gasteiger partial charge is 0.391 e. The van der Waals surface area contributed by atoms with Gasteiger partial charge in [0.25, 0.3) is 0 Å². The van der Waals surface area contributed by atoms with Gasteiger partial charge in [-0.25, -0.2) is 0 Å². The van der Waals surface area contributed by atoms with Gasteiger partial charge in [0.2, 0.25) is 0 Å². The highest BCUT2D eigenvalue weighted by atomic mass is 32.2. The van der Waals surface area contributed by atoms with Crippen LogP contribution in [0, 0.1) is 0 Å². The van der Waals surface area contributed by atoms with Crippen molar-refractivity contribution in [3.63, 3.8) is 0 Å². The first kappa shape index (κ1) is 21.7. The summed E-state index contributed by atoms with van der Waals surface area (Å²) in [6.07, 6.45) is -0.828. The number of aliphatic hydroxyl groups is 2. The minimum absolute atomic E-state index is 0.0383. The quantitative estimate of drug-likeness (QED) is 0.639. The molecule has 2 N–H and O–H groups in total. The Morgan fingerprint density at radius 1 is 0.643 bits per heavy atom. The summed E-state index contributed by atoms with van der Waals surface area (Å²) < 4.78 is 0. The molecular formula is C22H30N2O2S2. The maximum Gasteiger partial charge on any atom is 0.0865 e. The van der Waals surface area contributed by atoms with E-state index < -0.39 is 12.2 Å². The molecule has 28 heavy (non-hydrogen) atoms. The molecule has 1 fully saturated rings. The maximum atomic E-state index is 10.4. The van der Waals surface area contributed by atoms with E-state index in [0.29, 0.717) is 0 Å². The van der Waals surface area contributed by atoms with E-state index in [2.05, 4.69) is 34.1 Å². The summed E-state index contributed by atoms with van der Waals surface area (Å²) in [5.74, 6) is 0. The molecule has 4 atom stereocenters. The van der Waals surface area contributed by atoms with Crippen LogP contribution in [0.1, 0.15) is 13.8 Å². The summed E-state index contributed by atoms with van der Waals surface area (Å²) in [5, 5.41) is 20.8. The summed E-state index contributed by atoms with van der Waals surface area (Å²) in [6.45, 7) is 7.28. The molecule has 4 unspecified atom stereocenters. The van der Waals surface area contributed by atoms with Crippen LogP contribution in [0.3, 0.4) is 0 Å². The second-order valence-electron chi connectivity index (χ2n) is 7.20. The lowest BCUT2D eigenvalue weighted by Gasteiger charge is -2.43. The molecule has 1 saturated heterocycles. The highest BCUT2D eigenvalue weighted by molar-refractivity contribution is 8.00. The van der Waals surface area contributed by atoms with Crippen molar-refractivity contribution in [2.24, 2.45) is 0 Å². The van der Waals surface area contributed by atoms with Crippen molar-refractivity contribution in [2.75, 3.05) is 26.2 Å². The summed E-state index contributed by atoms with van der Waals surface area (Å²) >= 11 is 3.45. The number of aliphatic hydroxyl groups excluding tert-OH is 2. The van der Waals surface area contributed by atoms with Gasteiger partial charge in [-0.3, -0.25) is 9.80 Å². The van der Waals surface area contributed by atoms with E-state index in [-0.39, 0.29) is 10.7 Å². The second-order valence-corrected chi connectivity index (χ2v) is 9.58. The molecule has 3 rings (SSSR count). The predicted octanol–water partition coefficient (Wildman–Crippen LogP) is 3.60. The Hall–Kier alpha value is -1.02. The van der Waals surface area contributed by atoms with Gasteiger partial charge in [0, 0.05) is 36.0 Å². The molecule has 1 aliphatic rings. The van der Waals surface area contributed by atoms with E-state index >= 15 is 0 Å². The van der Waals surface area contributed by atoms with Crippen LogP contribution in [0.5, 0.6) is 0 Å². The van der Waals surface area contributed by atoms with Crippen molar-refractivity contribution < 1.29 is 10.2 Å². The standard InChI is InChI=1S/C22H30N2O2S2/c1-17(25)21(27-19-9-5-3-6-10-19)23-13-15-24(16-14-23)22(18(2)26)28-20-11-7-4-8-12-20/h3-12,17-18,21-22,25-26H,13-16H2,1-2H3. The molecule has 2 aromatic rings. The van der Waals surface area contributed by atoms with Gasteiger partial charge in [-0.2, -0.15) is 0 Å². The fourth-order valence-electron chi connectivity index (χ4n) is 3.48. The zero-order chi connectivity index (χ0) is 19.9. The molecule has 1 aliphatic heterocycles. The Morgan fingerprint density at radius 2 is 0.964 bits per heavy atom. The zero-order valence-corrected chi connectivity index (χ0v) is 18.1. The topological polar surface area (TPSA) is 46.9 Å². The van der Waals surface area contributed by atoms with Crippen LogP contribution in [0.25, 0.3) is 0 Å². The molecule has 0 aliphatic carbocycles. The molecule has 0 saturated carbocycles. The van der Waals surface area contributed by atoms with Crippen LogP contribution in [-0.4, -0.2) is 69.1 Å². The summed E-state index contributed by atoms with van der Waals surface area (Å²) in [7, 11) is 0. The van der Waals surface area contributed by atoms with Gasteiger partial charge in [-0.05, 0) is 38.1 Å². The third-order valence-electron chi connectivity index (χ3n) is 4.89. The van der Waals surface area contributed by atoms with Gasteiger partial charge >= 0.3 is 0 Å². The Balaban J connectivity index is 1.61. The monoisotopic (exact) mass is 418 g/mol. The van der Waals surface area contributed by atoms with Crippen LogP contribution >= 0.6 is 23.5 Å². The average molecular weight is 419 g/mol. The molecular weight excluding hydrogens is 388 g/mol. The lowest BCUT2D eigenvalue weighted by Crippen LogP contribution is -2.55. The van der Waals surface area contributed by atoms with Gasteiger partial charge in [0.1, 0.15) is 0 Å².